The molecular formula is C33H23NO. The molecule has 0 bridgehead atoms. The third-order valence-electron chi connectivity index (χ3n) is 6.86. The standard InChI is InChI=1S/C33H23NO/c1-22-10-9-14-25(20-22)34(24-12-3-2-4-13-24)30-21-31-32(28-17-8-7-16-27(28)30)29-19-18-23-11-5-6-15-26(23)33(29)35-31/h2-21H,1H3. The number of fused-ring (bicyclic) bond motifs is 7. The summed E-state index contributed by atoms with van der Waals surface area (Å²) < 4.78 is 6.63. The molecule has 35 heavy (non-hydrogen) atoms. The fraction of sp³-hybridized carbons (Fsp3) is 0.0303. The lowest BCUT2D eigenvalue weighted by molar-refractivity contribution is 0.673. The second-order valence-corrected chi connectivity index (χ2v) is 9.09. The second kappa shape index (κ2) is 7.75. The van der Waals surface area contributed by atoms with Crippen LogP contribution in [0.5, 0.6) is 0 Å². The fourth-order valence-corrected chi connectivity index (χ4v) is 5.31. The van der Waals surface area contributed by atoms with E-state index in [4.69, 9.17) is 4.42 Å². The number of rotatable bonds is 3. The van der Waals surface area contributed by atoms with Gasteiger partial charge >= 0.3 is 0 Å². The number of furan rings is 1. The van der Waals surface area contributed by atoms with Crippen LogP contribution in [0.4, 0.5) is 17.1 Å². The minimum absolute atomic E-state index is 0.902. The zero-order valence-corrected chi connectivity index (χ0v) is 19.4. The number of hydrogen-bond donors (Lipinski definition) is 0. The summed E-state index contributed by atoms with van der Waals surface area (Å²) in [6.45, 7) is 2.14. The number of anilines is 3. The second-order valence-electron chi connectivity index (χ2n) is 9.09. The van der Waals surface area contributed by atoms with E-state index >= 15 is 0 Å². The molecule has 0 aliphatic carbocycles. The molecule has 6 aromatic carbocycles. The van der Waals surface area contributed by atoms with Crippen LogP contribution in [-0.4, -0.2) is 0 Å². The van der Waals surface area contributed by atoms with Crippen LogP contribution in [0, 0.1) is 6.92 Å². The Kier molecular flexibility index (Phi) is 4.40. The number of para-hydroxylation sites is 1. The molecule has 2 heteroatoms. The van der Waals surface area contributed by atoms with Crippen molar-refractivity contribution in [2.24, 2.45) is 0 Å². The highest BCUT2D eigenvalue weighted by Crippen LogP contribution is 2.45. The molecule has 0 atom stereocenters. The zero-order valence-electron chi connectivity index (χ0n) is 19.4. The Morgan fingerprint density at radius 3 is 2.09 bits per heavy atom. The molecule has 0 aliphatic heterocycles. The van der Waals surface area contributed by atoms with Gasteiger partial charge in [0.15, 0.2) is 0 Å². The number of hydrogen-bond acceptors (Lipinski definition) is 2. The third-order valence-corrected chi connectivity index (χ3v) is 6.86. The molecule has 0 amide bonds. The molecule has 0 radical (unpaired) electrons. The Morgan fingerprint density at radius 1 is 0.543 bits per heavy atom. The maximum Gasteiger partial charge on any atom is 0.143 e. The normalized spacial score (nSPS) is 11.6. The van der Waals surface area contributed by atoms with Gasteiger partial charge in [-0.05, 0) is 53.6 Å². The first-order chi connectivity index (χ1) is 17.3. The highest BCUT2D eigenvalue weighted by molar-refractivity contribution is 6.25. The summed E-state index contributed by atoms with van der Waals surface area (Å²) in [5.41, 5.74) is 6.42. The predicted octanol–water partition coefficient (Wildman–Crippen LogP) is 9.67. The van der Waals surface area contributed by atoms with E-state index in [1.54, 1.807) is 0 Å². The van der Waals surface area contributed by atoms with Gasteiger partial charge in [0, 0.05) is 39.0 Å². The summed E-state index contributed by atoms with van der Waals surface area (Å²) in [4.78, 5) is 2.33. The minimum atomic E-state index is 0.902. The van der Waals surface area contributed by atoms with E-state index in [9.17, 15) is 0 Å². The van der Waals surface area contributed by atoms with Gasteiger partial charge in [0.1, 0.15) is 11.2 Å². The topological polar surface area (TPSA) is 16.4 Å². The van der Waals surface area contributed by atoms with Crippen LogP contribution in [0.25, 0.3) is 43.5 Å². The Morgan fingerprint density at radius 2 is 1.26 bits per heavy atom. The highest BCUT2D eigenvalue weighted by atomic mass is 16.3. The summed E-state index contributed by atoms with van der Waals surface area (Å²) in [6, 6.07) is 42.9. The molecule has 0 fully saturated rings. The van der Waals surface area contributed by atoms with Gasteiger partial charge in [-0.25, -0.2) is 0 Å². The van der Waals surface area contributed by atoms with E-state index in [1.807, 2.05) is 0 Å². The van der Waals surface area contributed by atoms with Crippen molar-refractivity contribution in [2.45, 2.75) is 6.92 Å². The first-order valence-corrected chi connectivity index (χ1v) is 12.0. The van der Waals surface area contributed by atoms with Gasteiger partial charge in [-0.15, -0.1) is 0 Å². The van der Waals surface area contributed by atoms with Crippen LogP contribution in [0.2, 0.25) is 0 Å². The number of aryl methyl sites for hydroxylation is 1. The smallest absolute Gasteiger partial charge is 0.143 e. The van der Waals surface area contributed by atoms with Crippen molar-refractivity contribution >= 4 is 60.5 Å². The van der Waals surface area contributed by atoms with Gasteiger partial charge < -0.3 is 9.32 Å². The van der Waals surface area contributed by atoms with E-state index in [0.717, 1.165) is 39.0 Å². The van der Waals surface area contributed by atoms with Crippen LogP contribution >= 0.6 is 0 Å². The van der Waals surface area contributed by atoms with Crippen molar-refractivity contribution in [1.82, 2.24) is 0 Å². The molecule has 0 aliphatic rings. The van der Waals surface area contributed by atoms with E-state index < -0.39 is 0 Å². The van der Waals surface area contributed by atoms with Crippen molar-refractivity contribution in [2.75, 3.05) is 4.90 Å². The lowest BCUT2D eigenvalue weighted by Crippen LogP contribution is -2.10. The molecule has 0 spiro atoms. The molecule has 2 nitrogen and oxygen atoms in total. The molecular weight excluding hydrogens is 426 g/mol. The van der Waals surface area contributed by atoms with E-state index in [0.29, 0.717) is 0 Å². The zero-order chi connectivity index (χ0) is 23.4. The molecule has 0 saturated heterocycles. The lowest BCUT2D eigenvalue weighted by atomic mass is 9.99. The third kappa shape index (κ3) is 3.11. The highest BCUT2D eigenvalue weighted by Gasteiger charge is 2.20. The van der Waals surface area contributed by atoms with Crippen molar-refractivity contribution in [1.29, 1.82) is 0 Å². The van der Waals surface area contributed by atoms with Gasteiger partial charge in [0.2, 0.25) is 0 Å². The van der Waals surface area contributed by atoms with Crippen molar-refractivity contribution in [3.05, 3.63) is 127 Å². The van der Waals surface area contributed by atoms with Crippen molar-refractivity contribution < 1.29 is 4.42 Å². The molecule has 1 aromatic heterocycles. The summed E-state index contributed by atoms with van der Waals surface area (Å²) in [5, 5.41) is 7.05. The maximum absolute atomic E-state index is 6.63. The predicted molar refractivity (Wildman–Crippen MR) is 148 cm³/mol. The molecule has 166 valence electrons. The Hall–Kier alpha value is -4.56. The Labute approximate surface area is 203 Å². The Bertz CT molecular complexity index is 1860. The summed E-state index contributed by atoms with van der Waals surface area (Å²) in [5.74, 6) is 0. The van der Waals surface area contributed by atoms with E-state index in [-0.39, 0.29) is 0 Å². The molecule has 0 unspecified atom stereocenters. The van der Waals surface area contributed by atoms with E-state index in [2.05, 4.69) is 133 Å². The van der Waals surface area contributed by atoms with Gasteiger partial charge in [0.05, 0.1) is 5.69 Å². The van der Waals surface area contributed by atoms with Crippen molar-refractivity contribution in [3.8, 4) is 0 Å². The first-order valence-electron chi connectivity index (χ1n) is 12.0. The summed E-state index contributed by atoms with van der Waals surface area (Å²) >= 11 is 0. The number of benzene rings is 6. The van der Waals surface area contributed by atoms with Crippen molar-refractivity contribution in [3.63, 3.8) is 0 Å². The first kappa shape index (κ1) is 19.9. The fourth-order valence-electron chi connectivity index (χ4n) is 5.31. The molecule has 0 N–H and O–H groups in total. The molecule has 7 rings (SSSR count). The van der Waals surface area contributed by atoms with Crippen LogP contribution in [0.3, 0.4) is 0 Å². The Balaban J connectivity index is 1.61. The average Bonchev–Trinajstić information content (AvgIpc) is 3.29. The van der Waals surface area contributed by atoms with Gasteiger partial charge in [0.25, 0.3) is 0 Å². The molecule has 0 saturated carbocycles. The molecule has 1 heterocycles. The summed E-state index contributed by atoms with van der Waals surface area (Å²) in [7, 11) is 0. The minimum Gasteiger partial charge on any atom is -0.455 e. The average molecular weight is 450 g/mol. The summed E-state index contributed by atoms with van der Waals surface area (Å²) in [6.07, 6.45) is 0. The van der Waals surface area contributed by atoms with Crippen LogP contribution < -0.4 is 4.90 Å². The van der Waals surface area contributed by atoms with Gasteiger partial charge in [-0.1, -0.05) is 84.9 Å². The monoisotopic (exact) mass is 449 g/mol. The van der Waals surface area contributed by atoms with Gasteiger partial charge in [-0.3, -0.25) is 0 Å². The van der Waals surface area contributed by atoms with Crippen LogP contribution in [-0.2, 0) is 0 Å². The van der Waals surface area contributed by atoms with Crippen LogP contribution in [0.15, 0.2) is 126 Å². The van der Waals surface area contributed by atoms with E-state index in [1.165, 1.54) is 27.1 Å². The molecule has 7 aromatic rings. The SMILES string of the molecule is Cc1cccc(N(c2ccccc2)c2cc3oc4c5ccccc5ccc4c3c3ccccc23)c1. The maximum atomic E-state index is 6.63. The largest absolute Gasteiger partial charge is 0.455 e. The van der Waals surface area contributed by atoms with Crippen LogP contribution in [0.1, 0.15) is 5.56 Å². The lowest BCUT2D eigenvalue weighted by Gasteiger charge is -2.27. The number of nitrogens with zero attached hydrogens (tertiary/aromatic N) is 1. The van der Waals surface area contributed by atoms with Gasteiger partial charge in [-0.2, -0.15) is 0 Å². The quantitative estimate of drug-likeness (QED) is 0.267.